The van der Waals surface area contributed by atoms with Gasteiger partial charge >= 0.3 is 0 Å². The molecule has 0 aliphatic carbocycles. The van der Waals surface area contributed by atoms with Crippen LogP contribution in [-0.2, 0) is 0 Å². The van der Waals surface area contributed by atoms with Crippen LogP contribution in [0.2, 0.25) is 0 Å². The molecule has 3 heteroatoms. The topological polar surface area (TPSA) is 39.4 Å². The molecule has 0 N–H and O–H groups in total. The van der Waals surface area contributed by atoms with Crippen molar-refractivity contribution in [2.24, 2.45) is 0 Å². The van der Waals surface area contributed by atoms with Crippen LogP contribution >= 0.6 is 0 Å². The van der Waals surface area contributed by atoms with Gasteiger partial charge in [-0.15, -0.1) is 0 Å². The maximum absolute atomic E-state index is 9.42. The summed E-state index contributed by atoms with van der Waals surface area (Å²) < 4.78 is 234. The van der Waals surface area contributed by atoms with E-state index in [9.17, 15) is 5.48 Å². The Kier molecular flexibility index (Phi) is 12.6. The predicted molar refractivity (Wildman–Crippen MR) is 530 cm³/mol. The number of benzene rings is 23. The standard InChI is InChI=1S/C46H28O.2C38H24O/c1-3-15-29(16-4-1)39-27-41-45(33-21-9-7-19-31(33)39)46-34-22-10-8-20-32(34)40(28-42(46)47-41)44-37-25-13-11-23-35(37)43(30-17-5-2-6-18-30)36-24-12-14-26-38(36)44;1-3-12-25(13-4-1)28-20-11-21-33-34-24-27(22-23-35(34)39-38(28)33)37-31-18-9-7-16-29(31)36(26-14-5-2-6-15-26)30-17-8-10-19-32(30)37;1-3-11-25(12-4-1)27-19-21-29-30-22-20-28(24-36(30)39-35(29)23-27)38-33-17-9-7-15-31(33)37(26-13-5-2-6-14-26)32-16-8-10-18-34(32)38/h1-28H;2*1-24H/i11D,12D,13D,14D,23D,24D,25D,26D;7D,8D,9D,10D,16D,17D,18D,19D;7D,8D,9D,10D,15D,16D,17D,18D. The van der Waals surface area contributed by atoms with Gasteiger partial charge in [-0.1, -0.05) is 412 Å². The molecule has 26 aromatic rings. The highest BCUT2D eigenvalue weighted by atomic mass is 16.3. The Bertz CT molecular complexity index is 10100. The van der Waals surface area contributed by atoms with Crippen LogP contribution in [0.3, 0.4) is 0 Å². The van der Waals surface area contributed by atoms with Crippen molar-refractivity contribution in [2.75, 3.05) is 0 Å². The molecule has 0 aliphatic heterocycles. The molecule has 0 atom stereocenters. The number of rotatable bonds is 9. The second-order valence-electron chi connectivity index (χ2n) is 30.8. The summed E-state index contributed by atoms with van der Waals surface area (Å²) in [6.07, 6.45) is 0. The average molecular weight is 1610 g/mol. The fraction of sp³-hybridized carbons (Fsp3) is 0. The van der Waals surface area contributed by atoms with Crippen LogP contribution in [0.25, 0.3) is 252 Å². The zero-order valence-electron chi connectivity index (χ0n) is 90.2. The van der Waals surface area contributed by atoms with Gasteiger partial charge in [-0.3, -0.25) is 0 Å². The fourth-order valence-corrected chi connectivity index (χ4v) is 18.5. The smallest absolute Gasteiger partial charge is 0.143 e. The van der Waals surface area contributed by atoms with Crippen molar-refractivity contribution >= 4 is 152 Å². The molecule has 0 radical (unpaired) electrons. The van der Waals surface area contributed by atoms with Gasteiger partial charge in [-0.05, 0) is 229 Å². The van der Waals surface area contributed by atoms with Crippen molar-refractivity contribution in [1.82, 2.24) is 0 Å². The van der Waals surface area contributed by atoms with Crippen LogP contribution in [0.1, 0.15) is 32.9 Å². The predicted octanol–water partition coefficient (Wildman–Crippen LogP) is 35.0. The lowest BCUT2D eigenvalue weighted by Crippen LogP contribution is -1.91. The molecule has 3 heterocycles. The number of furan rings is 3. The first-order chi connectivity index (χ1) is 72.0. The molecule has 125 heavy (non-hydrogen) atoms. The van der Waals surface area contributed by atoms with E-state index in [1.165, 1.54) is 0 Å². The molecule has 0 aliphatic rings. The molecule has 3 aromatic heterocycles. The zero-order valence-corrected chi connectivity index (χ0v) is 66.2. The normalized spacial score (nSPS) is 14.4. The van der Waals surface area contributed by atoms with E-state index in [4.69, 9.17) is 40.7 Å². The minimum absolute atomic E-state index is 0.166. The van der Waals surface area contributed by atoms with E-state index < -0.39 is 72.5 Å². The molecule has 0 spiro atoms. The molecular weight excluding hydrogens is 1510 g/mol. The van der Waals surface area contributed by atoms with Gasteiger partial charge in [0.1, 0.15) is 33.5 Å². The molecule has 23 aromatic carbocycles. The van der Waals surface area contributed by atoms with Gasteiger partial charge in [0.15, 0.2) is 0 Å². The fourth-order valence-electron chi connectivity index (χ4n) is 18.5. The zero-order chi connectivity index (χ0) is 103. The molecule has 0 saturated heterocycles. The van der Waals surface area contributed by atoms with Crippen molar-refractivity contribution in [3.8, 4) is 100 Å². The molecule has 0 amide bonds. The third-order valence-electron chi connectivity index (χ3n) is 23.9. The lowest BCUT2D eigenvalue weighted by atomic mass is 9.84. The minimum atomic E-state index is -0.438. The average Bonchev–Trinajstić information content (AvgIpc) is 0.893. The summed E-state index contributed by atoms with van der Waals surface area (Å²) in [4.78, 5) is 0. The van der Waals surface area contributed by atoms with Gasteiger partial charge < -0.3 is 13.3 Å². The van der Waals surface area contributed by atoms with Crippen molar-refractivity contribution < 1.29 is 46.1 Å². The summed E-state index contributed by atoms with van der Waals surface area (Å²) >= 11 is 0. The summed E-state index contributed by atoms with van der Waals surface area (Å²) in [5.74, 6) is 0. The number of fused-ring (bicyclic) bond motifs is 19. The van der Waals surface area contributed by atoms with Gasteiger partial charge in [-0.2, -0.15) is 0 Å². The van der Waals surface area contributed by atoms with E-state index in [0.29, 0.717) is 94.7 Å². The van der Waals surface area contributed by atoms with E-state index in [-0.39, 0.29) is 143 Å². The first-order valence-electron chi connectivity index (χ1n) is 53.0. The molecule has 0 saturated carbocycles. The minimum Gasteiger partial charge on any atom is -0.456 e. The first-order valence-corrected chi connectivity index (χ1v) is 41.0. The third-order valence-corrected chi connectivity index (χ3v) is 23.9. The van der Waals surface area contributed by atoms with Crippen molar-refractivity contribution in [3.63, 3.8) is 0 Å². The molecule has 0 bridgehead atoms. The second-order valence-corrected chi connectivity index (χ2v) is 30.8. The summed E-state index contributed by atoms with van der Waals surface area (Å²) in [5, 5.41) is 11.0. The third kappa shape index (κ3) is 12.3. The summed E-state index contributed by atoms with van der Waals surface area (Å²) in [6.45, 7) is 0. The van der Waals surface area contributed by atoms with Gasteiger partial charge in [0.25, 0.3) is 0 Å². The Morgan fingerprint density at radius 1 is 0.144 bits per heavy atom. The molecular formula is C122H76O3. The summed E-state index contributed by atoms with van der Waals surface area (Å²) in [6, 6.07) is 91.3. The molecule has 26 rings (SSSR count). The first kappa shape index (κ1) is 51.9. The molecule has 0 fully saturated rings. The van der Waals surface area contributed by atoms with E-state index in [2.05, 4.69) is 30.3 Å². The molecule has 3 nitrogen and oxygen atoms in total. The quantitative estimate of drug-likeness (QED) is 0.135. The summed E-state index contributed by atoms with van der Waals surface area (Å²) in [7, 11) is 0. The van der Waals surface area contributed by atoms with E-state index in [1.807, 2.05) is 194 Å². The molecule has 582 valence electrons. The SMILES string of the molecule is [2H]c1c([2H])c([2H])c2c(-c3cc4oc5cc(-c6ccccc6)c6ccccc6c5c4c4ccccc34)c3c([2H])c([2H])c([2H])c([2H])c3c(-c3ccccc3)c2c1[2H].[2H]c1c([2H])c([2H])c2c(-c3ccc4c(c3)oc3cc(-c5ccccc5)ccc34)c3c([2H])c([2H])c([2H])c([2H])c3c(-c3ccccc3)c2c1[2H].[2H]c1c([2H])c([2H])c2c(-c3ccc4oc5c(-c6ccccc6)cccc5c4c3)c3c([2H])c([2H])c([2H])c([2H])c3c(-c3ccccc3)c2c1[2H]. The van der Waals surface area contributed by atoms with Crippen LogP contribution in [0.5, 0.6) is 0 Å². The van der Waals surface area contributed by atoms with Gasteiger partial charge in [0.05, 0.1) is 32.9 Å². The van der Waals surface area contributed by atoms with Crippen LogP contribution in [0.4, 0.5) is 0 Å². The number of para-hydroxylation sites is 1. The highest BCUT2D eigenvalue weighted by molar-refractivity contribution is 6.33. The van der Waals surface area contributed by atoms with Crippen molar-refractivity contribution in [3.05, 3.63) is 460 Å². The van der Waals surface area contributed by atoms with Crippen molar-refractivity contribution in [1.29, 1.82) is 0 Å². The Morgan fingerprint density at radius 2 is 0.440 bits per heavy atom. The van der Waals surface area contributed by atoms with Crippen LogP contribution in [0.15, 0.2) is 474 Å². The van der Waals surface area contributed by atoms with Gasteiger partial charge in [0.2, 0.25) is 0 Å². The Balaban J connectivity index is 0.000000120. The Morgan fingerprint density at radius 3 is 0.856 bits per heavy atom. The van der Waals surface area contributed by atoms with Crippen LogP contribution in [-0.4, -0.2) is 0 Å². The lowest BCUT2D eigenvalue weighted by Gasteiger charge is -2.19. The Labute approximate surface area is 755 Å². The van der Waals surface area contributed by atoms with Crippen LogP contribution < -0.4 is 0 Å². The van der Waals surface area contributed by atoms with Gasteiger partial charge in [-0.25, -0.2) is 0 Å². The van der Waals surface area contributed by atoms with Crippen LogP contribution in [0, 0.1) is 0 Å². The second kappa shape index (κ2) is 30.4. The highest BCUT2D eigenvalue weighted by Crippen LogP contribution is 2.52. The number of hydrogen-bond acceptors (Lipinski definition) is 3. The summed E-state index contributed by atoms with van der Waals surface area (Å²) in [5.41, 5.74) is 14.9. The number of hydrogen-bond donors (Lipinski definition) is 0. The largest absolute Gasteiger partial charge is 0.456 e. The van der Waals surface area contributed by atoms with E-state index >= 15 is 0 Å². The lowest BCUT2D eigenvalue weighted by molar-refractivity contribution is 0.669. The van der Waals surface area contributed by atoms with Gasteiger partial charge in [0, 0.05) is 37.9 Å². The molecule has 0 unspecified atom stereocenters. The monoisotopic (exact) mass is 1610 g/mol. The highest BCUT2D eigenvalue weighted by Gasteiger charge is 2.26. The maximum atomic E-state index is 9.42. The van der Waals surface area contributed by atoms with E-state index in [1.54, 1.807) is 91.0 Å². The Hall–Kier alpha value is -16.5. The van der Waals surface area contributed by atoms with E-state index in [0.717, 1.165) is 87.2 Å². The van der Waals surface area contributed by atoms with Crippen molar-refractivity contribution in [2.45, 2.75) is 0 Å². The maximum Gasteiger partial charge on any atom is 0.143 e.